The molecule has 190 valence electrons. The first-order chi connectivity index (χ1) is 17.1. The van der Waals surface area contributed by atoms with E-state index in [2.05, 4.69) is 31.3 Å². The van der Waals surface area contributed by atoms with Gasteiger partial charge in [0.2, 0.25) is 5.91 Å². The number of pyridine rings is 1. The highest BCUT2D eigenvalue weighted by atomic mass is 32.1. The Morgan fingerprint density at radius 2 is 1.83 bits per heavy atom. The van der Waals surface area contributed by atoms with Crippen LogP contribution in [0.15, 0.2) is 52.8 Å². The number of benzene rings is 1. The predicted molar refractivity (Wildman–Crippen MR) is 144 cm³/mol. The molecule has 7 heteroatoms. The molecule has 6 nitrogen and oxygen atoms in total. The van der Waals surface area contributed by atoms with Crippen LogP contribution in [0.2, 0.25) is 0 Å². The molecule has 2 atom stereocenters. The van der Waals surface area contributed by atoms with Crippen molar-refractivity contribution < 1.29 is 14.7 Å². The lowest BCUT2D eigenvalue weighted by atomic mass is 9.98. The average molecular weight is 507 g/mol. The highest BCUT2D eigenvalue weighted by Gasteiger charge is 2.29. The second-order valence-corrected chi connectivity index (χ2v) is 11.2. The van der Waals surface area contributed by atoms with E-state index in [-0.39, 0.29) is 23.8 Å². The molecule has 1 aromatic carbocycles. The van der Waals surface area contributed by atoms with Crippen LogP contribution in [0.25, 0.3) is 10.4 Å². The molecule has 0 radical (unpaired) electrons. The Bertz CT molecular complexity index is 1300. The van der Waals surface area contributed by atoms with Crippen molar-refractivity contribution in [1.29, 1.82) is 0 Å². The number of hydrogen-bond acceptors (Lipinski definition) is 4. The quantitative estimate of drug-likeness (QED) is 0.353. The highest BCUT2D eigenvalue weighted by molar-refractivity contribution is 7.13. The fourth-order valence-corrected chi connectivity index (χ4v) is 5.93. The van der Waals surface area contributed by atoms with E-state index in [0.29, 0.717) is 12.3 Å². The number of hydrogen-bond donors (Lipinski definition) is 2. The largest absolute Gasteiger partial charge is 0.481 e. The number of thiophene rings is 1. The normalized spacial score (nSPS) is 15.0. The third-order valence-electron chi connectivity index (χ3n) is 6.80. The van der Waals surface area contributed by atoms with E-state index < -0.39 is 18.1 Å². The SMILES string of the molecule is Cc1cccc(C)c1-c1cc([C@H](CC(=O)O)NC(=O)[C@H](CC(C)C)n2ccc(C3CC3)cc2=O)cs1. The zero-order valence-electron chi connectivity index (χ0n) is 21.3. The van der Waals surface area contributed by atoms with E-state index in [9.17, 15) is 19.5 Å². The summed E-state index contributed by atoms with van der Waals surface area (Å²) >= 11 is 1.54. The summed E-state index contributed by atoms with van der Waals surface area (Å²) < 4.78 is 1.49. The molecule has 1 amide bonds. The second kappa shape index (κ2) is 10.8. The maximum atomic E-state index is 13.6. The summed E-state index contributed by atoms with van der Waals surface area (Å²) in [5.41, 5.74) is 5.02. The topological polar surface area (TPSA) is 88.4 Å². The molecule has 0 spiro atoms. The third-order valence-corrected chi connectivity index (χ3v) is 7.76. The first kappa shape index (κ1) is 25.9. The number of aliphatic carboxylic acids is 1. The van der Waals surface area contributed by atoms with Crippen LogP contribution in [0.3, 0.4) is 0 Å². The molecule has 0 saturated heterocycles. The molecule has 0 unspecified atom stereocenters. The Labute approximate surface area is 216 Å². The molecular formula is C29H34N2O4S. The predicted octanol–water partition coefficient (Wildman–Crippen LogP) is 5.99. The molecule has 1 aliphatic rings. The van der Waals surface area contributed by atoms with Crippen LogP contribution in [0, 0.1) is 19.8 Å². The number of carboxylic acid groups (broad SMARTS) is 1. The summed E-state index contributed by atoms with van der Waals surface area (Å²) in [5.74, 6) is -0.706. The Morgan fingerprint density at radius 3 is 2.42 bits per heavy atom. The van der Waals surface area contributed by atoms with Crippen LogP contribution < -0.4 is 10.9 Å². The number of nitrogens with one attached hydrogen (secondary N) is 1. The van der Waals surface area contributed by atoms with Crippen molar-refractivity contribution in [3.63, 3.8) is 0 Å². The molecule has 2 heterocycles. The highest BCUT2D eigenvalue weighted by Crippen LogP contribution is 2.39. The Hall–Kier alpha value is -3.19. The lowest BCUT2D eigenvalue weighted by Gasteiger charge is -2.24. The Balaban J connectivity index is 1.62. The minimum atomic E-state index is -0.994. The van der Waals surface area contributed by atoms with E-state index in [1.54, 1.807) is 23.6 Å². The number of carboxylic acids is 1. The zero-order chi connectivity index (χ0) is 26.0. The van der Waals surface area contributed by atoms with Crippen LogP contribution in [0.5, 0.6) is 0 Å². The van der Waals surface area contributed by atoms with Gasteiger partial charge in [0.15, 0.2) is 0 Å². The van der Waals surface area contributed by atoms with Crippen LogP contribution in [-0.2, 0) is 9.59 Å². The molecule has 36 heavy (non-hydrogen) atoms. The number of aromatic nitrogens is 1. The first-order valence-electron chi connectivity index (χ1n) is 12.5. The second-order valence-electron chi connectivity index (χ2n) is 10.3. The monoisotopic (exact) mass is 506 g/mol. The molecule has 0 aliphatic heterocycles. The van der Waals surface area contributed by atoms with Gasteiger partial charge in [-0.05, 0) is 90.3 Å². The van der Waals surface area contributed by atoms with E-state index >= 15 is 0 Å². The van der Waals surface area contributed by atoms with Gasteiger partial charge < -0.3 is 15.0 Å². The van der Waals surface area contributed by atoms with Crippen molar-refractivity contribution in [3.8, 4) is 10.4 Å². The van der Waals surface area contributed by atoms with Crippen molar-refractivity contribution >= 4 is 23.2 Å². The van der Waals surface area contributed by atoms with Gasteiger partial charge in [-0.3, -0.25) is 14.4 Å². The summed E-state index contributed by atoms with van der Waals surface area (Å²) in [7, 11) is 0. The number of rotatable bonds is 10. The molecule has 4 rings (SSSR count). The van der Waals surface area contributed by atoms with Crippen LogP contribution in [0.4, 0.5) is 0 Å². The lowest BCUT2D eigenvalue weighted by Crippen LogP contribution is -2.40. The molecular weight excluding hydrogens is 472 g/mol. The van der Waals surface area contributed by atoms with Crippen LogP contribution in [0.1, 0.15) is 79.8 Å². The van der Waals surface area contributed by atoms with Gasteiger partial charge in [0.25, 0.3) is 5.56 Å². The summed E-state index contributed by atoms with van der Waals surface area (Å²) in [4.78, 5) is 39.3. The van der Waals surface area contributed by atoms with Crippen molar-refractivity contribution in [1.82, 2.24) is 9.88 Å². The van der Waals surface area contributed by atoms with Crippen molar-refractivity contribution in [2.45, 2.75) is 71.4 Å². The van der Waals surface area contributed by atoms with E-state index in [1.807, 2.05) is 37.4 Å². The minimum absolute atomic E-state index is 0.172. The lowest BCUT2D eigenvalue weighted by molar-refractivity contribution is -0.138. The molecule has 1 fully saturated rings. The van der Waals surface area contributed by atoms with Gasteiger partial charge in [0, 0.05) is 17.1 Å². The van der Waals surface area contributed by atoms with Crippen molar-refractivity contribution in [2.24, 2.45) is 5.92 Å². The zero-order valence-corrected chi connectivity index (χ0v) is 22.1. The molecule has 1 aliphatic carbocycles. The maximum Gasteiger partial charge on any atom is 0.305 e. The number of nitrogens with zero attached hydrogens (tertiary/aromatic N) is 1. The number of carbonyl (C=O) groups excluding carboxylic acids is 1. The molecule has 2 aromatic heterocycles. The summed E-state index contributed by atoms with van der Waals surface area (Å²) in [6.07, 6.45) is 4.16. The Kier molecular flexibility index (Phi) is 7.79. The van der Waals surface area contributed by atoms with Gasteiger partial charge in [-0.25, -0.2) is 0 Å². The van der Waals surface area contributed by atoms with E-state index in [0.717, 1.165) is 45.5 Å². The fourth-order valence-electron chi connectivity index (χ4n) is 4.79. The van der Waals surface area contributed by atoms with Gasteiger partial charge in [-0.1, -0.05) is 32.0 Å². The fraction of sp³-hybridized carbons (Fsp3) is 0.414. The average Bonchev–Trinajstić information content (AvgIpc) is 3.54. The number of aryl methyl sites for hydroxylation is 2. The van der Waals surface area contributed by atoms with E-state index in [1.165, 1.54) is 4.57 Å². The smallest absolute Gasteiger partial charge is 0.305 e. The van der Waals surface area contributed by atoms with Crippen molar-refractivity contribution in [2.75, 3.05) is 0 Å². The number of amides is 1. The standard InChI is InChI=1S/C29H34N2O4S/c1-17(2)12-24(31-11-10-21(14-26(31)32)20-8-9-20)29(35)30-23(15-27(33)34)22-13-25(36-16-22)28-18(3)6-5-7-19(28)4/h5-7,10-11,13-14,16-17,20,23-24H,8-9,12,15H2,1-4H3,(H,30,35)(H,33,34)/t23-,24-/m0/s1. The minimum Gasteiger partial charge on any atom is -0.481 e. The summed E-state index contributed by atoms with van der Waals surface area (Å²) in [6, 6.07) is 10.3. The molecule has 0 bridgehead atoms. The number of carbonyl (C=O) groups is 2. The van der Waals surface area contributed by atoms with Gasteiger partial charge in [-0.2, -0.15) is 0 Å². The van der Waals surface area contributed by atoms with Gasteiger partial charge in [-0.15, -0.1) is 11.3 Å². The first-order valence-corrected chi connectivity index (χ1v) is 13.4. The van der Waals surface area contributed by atoms with Gasteiger partial charge in [0.1, 0.15) is 6.04 Å². The summed E-state index contributed by atoms with van der Waals surface area (Å²) in [6.45, 7) is 8.13. The van der Waals surface area contributed by atoms with Gasteiger partial charge >= 0.3 is 5.97 Å². The third kappa shape index (κ3) is 5.95. The molecule has 3 aromatic rings. The molecule has 1 saturated carbocycles. The van der Waals surface area contributed by atoms with Gasteiger partial charge in [0.05, 0.1) is 12.5 Å². The summed E-state index contributed by atoms with van der Waals surface area (Å²) in [5, 5.41) is 14.5. The van der Waals surface area contributed by atoms with Crippen LogP contribution in [-0.4, -0.2) is 21.6 Å². The van der Waals surface area contributed by atoms with Crippen LogP contribution >= 0.6 is 11.3 Å². The maximum absolute atomic E-state index is 13.6. The van der Waals surface area contributed by atoms with Crippen molar-refractivity contribution in [3.05, 3.63) is 80.6 Å². The van der Waals surface area contributed by atoms with E-state index in [4.69, 9.17) is 0 Å². The Morgan fingerprint density at radius 1 is 1.14 bits per heavy atom. The molecule has 2 N–H and O–H groups in total.